The van der Waals surface area contributed by atoms with Crippen LogP contribution in [0.4, 0.5) is 5.69 Å². The van der Waals surface area contributed by atoms with E-state index in [4.69, 9.17) is 23.2 Å². The van der Waals surface area contributed by atoms with Crippen molar-refractivity contribution in [3.63, 3.8) is 0 Å². The van der Waals surface area contributed by atoms with E-state index in [0.29, 0.717) is 10.0 Å². The number of rotatable bonds is 4. The van der Waals surface area contributed by atoms with Crippen molar-refractivity contribution in [1.82, 2.24) is 0 Å². The van der Waals surface area contributed by atoms with E-state index in [9.17, 15) is 8.42 Å². The summed E-state index contributed by atoms with van der Waals surface area (Å²) in [6.07, 6.45) is 1.21. The molecular weight excluding hydrogens is 269 g/mol. The Morgan fingerprint density at radius 2 is 1.94 bits per heavy atom. The highest BCUT2D eigenvalue weighted by Gasteiger charge is 2.10. The average Bonchev–Trinajstić information content (AvgIpc) is 2.08. The number of halogens is 2. The first-order chi connectivity index (χ1) is 7.28. The highest BCUT2D eigenvalue weighted by molar-refractivity contribution is 7.90. The van der Waals surface area contributed by atoms with E-state index >= 15 is 0 Å². The Labute approximate surface area is 106 Å². The fourth-order valence-electron chi connectivity index (χ4n) is 1.37. The summed E-state index contributed by atoms with van der Waals surface area (Å²) in [5, 5.41) is 3.96. The van der Waals surface area contributed by atoms with E-state index < -0.39 is 9.84 Å². The molecule has 90 valence electrons. The van der Waals surface area contributed by atoms with Gasteiger partial charge >= 0.3 is 0 Å². The predicted molar refractivity (Wildman–Crippen MR) is 69.3 cm³/mol. The van der Waals surface area contributed by atoms with E-state index in [1.165, 1.54) is 6.26 Å². The van der Waals surface area contributed by atoms with Crippen LogP contribution in [0.1, 0.15) is 6.92 Å². The summed E-state index contributed by atoms with van der Waals surface area (Å²) in [6.45, 7) is 1.80. The molecule has 3 nitrogen and oxygen atoms in total. The van der Waals surface area contributed by atoms with Crippen LogP contribution in [0.5, 0.6) is 0 Å². The Balaban J connectivity index is 2.70. The third-order valence-electron chi connectivity index (χ3n) is 1.89. The molecule has 6 heteroatoms. The third kappa shape index (κ3) is 4.60. The maximum absolute atomic E-state index is 11.1. The van der Waals surface area contributed by atoms with Gasteiger partial charge in [-0.2, -0.15) is 0 Å². The van der Waals surface area contributed by atoms with E-state index in [2.05, 4.69) is 5.32 Å². The molecule has 1 aromatic carbocycles. The van der Waals surface area contributed by atoms with Crippen molar-refractivity contribution < 1.29 is 8.42 Å². The first-order valence-electron chi connectivity index (χ1n) is 4.67. The standard InChI is InChI=1S/C10H13Cl2NO2S/c1-7(6-16(2,14)15)13-8-3-4-9(11)10(12)5-8/h3-5,7,13H,6H2,1-2H3. The zero-order chi connectivity index (χ0) is 12.3. The molecule has 0 aromatic heterocycles. The second kappa shape index (κ2) is 5.25. The highest BCUT2D eigenvalue weighted by Crippen LogP contribution is 2.25. The van der Waals surface area contributed by atoms with Gasteiger partial charge in [0.1, 0.15) is 9.84 Å². The van der Waals surface area contributed by atoms with Crippen LogP contribution in [0.3, 0.4) is 0 Å². The smallest absolute Gasteiger partial charge is 0.149 e. The SMILES string of the molecule is CC(CS(C)(=O)=O)Nc1ccc(Cl)c(Cl)c1. The number of nitrogens with one attached hydrogen (secondary N) is 1. The van der Waals surface area contributed by atoms with Crippen LogP contribution in [0.15, 0.2) is 18.2 Å². The molecule has 1 rings (SSSR count). The Kier molecular flexibility index (Phi) is 4.47. The molecule has 0 amide bonds. The van der Waals surface area contributed by atoms with Crippen LogP contribution in [0, 0.1) is 0 Å². The summed E-state index contributed by atoms with van der Waals surface area (Å²) < 4.78 is 22.1. The Bertz CT molecular complexity index is 474. The van der Waals surface area contributed by atoms with Gasteiger partial charge in [-0.25, -0.2) is 8.42 Å². The van der Waals surface area contributed by atoms with Crippen molar-refractivity contribution in [2.75, 3.05) is 17.3 Å². The minimum absolute atomic E-state index is 0.0766. The first kappa shape index (κ1) is 13.6. The topological polar surface area (TPSA) is 46.2 Å². The number of hydrogen-bond acceptors (Lipinski definition) is 3. The lowest BCUT2D eigenvalue weighted by Crippen LogP contribution is -2.24. The largest absolute Gasteiger partial charge is 0.382 e. The minimum atomic E-state index is -2.98. The molecule has 0 radical (unpaired) electrons. The van der Waals surface area contributed by atoms with Crippen LogP contribution in [-0.4, -0.2) is 26.5 Å². The third-order valence-corrected chi connectivity index (χ3v) is 3.73. The molecule has 1 atom stereocenters. The molecule has 0 fully saturated rings. The maximum atomic E-state index is 11.1. The van der Waals surface area contributed by atoms with Crippen molar-refractivity contribution >= 4 is 38.7 Å². The number of sulfone groups is 1. The van der Waals surface area contributed by atoms with E-state index in [-0.39, 0.29) is 11.8 Å². The van der Waals surface area contributed by atoms with Crippen LogP contribution in [0.25, 0.3) is 0 Å². The zero-order valence-electron chi connectivity index (χ0n) is 9.00. The number of benzene rings is 1. The zero-order valence-corrected chi connectivity index (χ0v) is 11.3. The predicted octanol–water partition coefficient (Wildman–Crippen LogP) is 2.84. The highest BCUT2D eigenvalue weighted by atomic mass is 35.5. The first-order valence-corrected chi connectivity index (χ1v) is 7.49. The Morgan fingerprint density at radius 3 is 2.44 bits per heavy atom. The van der Waals surface area contributed by atoms with Crippen LogP contribution < -0.4 is 5.32 Å². The van der Waals surface area contributed by atoms with E-state index in [1.807, 2.05) is 0 Å². The number of hydrogen-bond donors (Lipinski definition) is 1. The molecule has 1 unspecified atom stereocenters. The normalized spacial score (nSPS) is 13.5. The lowest BCUT2D eigenvalue weighted by molar-refractivity contribution is 0.598. The van der Waals surface area contributed by atoms with Crippen LogP contribution in [0.2, 0.25) is 10.0 Å². The average molecular weight is 282 g/mol. The molecule has 1 aromatic rings. The molecule has 0 saturated carbocycles. The molecule has 0 aliphatic heterocycles. The molecule has 0 bridgehead atoms. The molecule has 0 aliphatic carbocycles. The van der Waals surface area contributed by atoms with Gasteiger partial charge in [0.05, 0.1) is 15.8 Å². The van der Waals surface area contributed by atoms with Gasteiger partial charge in [0.25, 0.3) is 0 Å². The molecular formula is C10H13Cl2NO2S. The summed E-state index contributed by atoms with van der Waals surface area (Å²) in [6, 6.07) is 4.92. The monoisotopic (exact) mass is 281 g/mol. The molecule has 1 N–H and O–H groups in total. The van der Waals surface area contributed by atoms with Crippen molar-refractivity contribution in [2.24, 2.45) is 0 Å². The number of anilines is 1. The molecule has 0 spiro atoms. The van der Waals surface area contributed by atoms with Crippen molar-refractivity contribution in [3.8, 4) is 0 Å². The summed E-state index contributed by atoms with van der Waals surface area (Å²) in [7, 11) is -2.98. The quantitative estimate of drug-likeness (QED) is 0.923. The summed E-state index contributed by atoms with van der Waals surface area (Å²) >= 11 is 11.6. The van der Waals surface area contributed by atoms with Gasteiger partial charge in [-0.15, -0.1) is 0 Å². The van der Waals surface area contributed by atoms with Gasteiger partial charge in [-0.3, -0.25) is 0 Å². The fraction of sp³-hybridized carbons (Fsp3) is 0.400. The van der Waals surface area contributed by atoms with Crippen molar-refractivity contribution in [2.45, 2.75) is 13.0 Å². The summed E-state index contributed by atoms with van der Waals surface area (Å²) in [5.74, 6) is 0.0766. The molecule has 0 aliphatic rings. The summed E-state index contributed by atoms with van der Waals surface area (Å²) in [5.41, 5.74) is 0.755. The van der Waals surface area contributed by atoms with Gasteiger partial charge in [-0.1, -0.05) is 23.2 Å². The van der Waals surface area contributed by atoms with Gasteiger partial charge in [-0.05, 0) is 25.1 Å². The molecule has 16 heavy (non-hydrogen) atoms. The lowest BCUT2D eigenvalue weighted by atomic mass is 10.3. The van der Waals surface area contributed by atoms with E-state index in [0.717, 1.165) is 5.69 Å². The van der Waals surface area contributed by atoms with Gasteiger partial charge in [0.15, 0.2) is 0 Å². The van der Waals surface area contributed by atoms with Gasteiger partial charge in [0.2, 0.25) is 0 Å². The second-order valence-corrected chi connectivity index (χ2v) is 6.77. The molecule has 0 heterocycles. The Morgan fingerprint density at radius 1 is 1.31 bits per heavy atom. The maximum Gasteiger partial charge on any atom is 0.149 e. The lowest BCUT2D eigenvalue weighted by Gasteiger charge is -2.14. The Hall–Kier alpha value is -0.450. The molecule has 0 saturated heterocycles. The van der Waals surface area contributed by atoms with Gasteiger partial charge < -0.3 is 5.32 Å². The van der Waals surface area contributed by atoms with Crippen molar-refractivity contribution in [1.29, 1.82) is 0 Å². The fourth-order valence-corrected chi connectivity index (χ4v) is 2.66. The summed E-state index contributed by atoms with van der Waals surface area (Å²) in [4.78, 5) is 0. The van der Waals surface area contributed by atoms with E-state index in [1.54, 1.807) is 25.1 Å². The van der Waals surface area contributed by atoms with Crippen LogP contribution in [-0.2, 0) is 9.84 Å². The minimum Gasteiger partial charge on any atom is -0.382 e. The second-order valence-electron chi connectivity index (χ2n) is 3.77. The van der Waals surface area contributed by atoms with Gasteiger partial charge in [0, 0.05) is 18.0 Å². The van der Waals surface area contributed by atoms with Crippen molar-refractivity contribution in [3.05, 3.63) is 28.2 Å². The van der Waals surface area contributed by atoms with Crippen LogP contribution >= 0.6 is 23.2 Å².